The Hall–Kier alpha value is -3.78. The molecule has 3 aromatic heterocycles. The number of fused-ring (bicyclic) bond motifs is 1. The lowest BCUT2D eigenvalue weighted by Crippen LogP contribution is -2.12. The molecule has 0 radical (unpaired) electrons. The van der Waals surface area contributed by atoms with Gasteiger partial charge in [-0.15, -0.1) is 0 Å². The van der Waals surface area contributed by atoms with Crippen LogP contribution < -0.4 is 5.32 Å². The van der Waals surface area contributed by atoms with E-state index in [1.54, 1.807) is 25.3 Å². The molecule has 0 spiro atoms. The van der Waals surface area contributed by atoms with Crippen molar-refractivity contribution in [2.75, 3.05) is 11.9 Å². The summed E-state index contributed by atoms with van der Waals surface area (Å²) < 4.78 is 6.90. The molecule has 0 aliphatic carbocycles. The van der Waals surface area contributed by atoms with Crippen LogP contribution in [-0.2, 0) is 4.74 Å². The highest BCUT2D eigenvalue weighted by Crippen LogP contribution is 2.24. The average Bonchev–Trinajstić information content (AvgIpc) is 3.35. The molecule has 4 aromatic rings. The molecule has 1 N–H and O–H groups in total. The molecule has 0 saturated heterocycles. The van der Waals surface area contributed by atoms with Gasteiger partial charge >= 0.3 is 5.97 Å². The summed E-state index contributed by atoms with van der Waals surface area (Å²) in [5.74, 6) is -0.820. The fraction of sp³-hybridized carbons (Fsp3) is 0.0909. The van der Waals surface area contributed by atoms with Gasteiger partial charge in [-0.1, -0.05) is 54.3 Å². The molecular weight excluding hydrogens is 400 g/mol. The average molecular weight is 418 g/mol. The number of carbonyl (C=O) groups excluding carboxylic acids is 2. The van der Waals surface area contributed by atoms with Crippen LogP contribution in [0.15, 0.2) is 67.5 Å². The van der Waals surface area contributed by atoms with Crippen molar-refractivity contribution < 1.29 is 14.3 Å². The van der Waals surface area contributed by atoms with Crippen LogP contribution in [0.4, 0.5) is 5.13 Å². The third-order valence-corrected chi connectivity index (χ3v) is 5.38. The zero-order chi connectivity index (χ0) is 21.1. The predicted molar refractivity (Wildman–Crippen MR) is 116 cm³/mol. The summed E-state index contributed by atoms with van der Waals surface area (Å²) in [5.41, 5.74) is 3.43. The number of nitrogens with zero attached hydrogens (tertiary/aromatic N) is 3. The molecule has 0 aliphatic heterocycles. The minimum atomic E-state index is -0.488. The van der Waals surface area contributed by atoms with Crippen molar-refractivity contribution >= 4 is 34.0 Å². The Morgan fingerprint density at radius 1 is 1.23 bits per heavy atom. The second-order valence-corrected chi connectivity index (χ2v) is 7.45. The Morgan fingerprint density at radius 3 is 2.80 bits per heavy atom. The number of rotatable bonds is 6. The molecule has 0 unspecified atom stereocenters. The van der Waals surface area contributed by atoms with Gasteiger partial charge in [0.2, 0.25) is 0 Å². The number of anilines is 1. The van der Waals surface area contributed by atoms with Gasteiger partial charge in [0.1, 0.15) is 17.1 Å². The highest BCUT2D eigenvalue weighted by molar-refractivity contribution is 7.17. The van der Waals surface area contributed by atoms with E-state index < -0.39 is 5.97 Å². The number of carbonyl (C=O) groups is 2. The van der Waals surface area contributed by atoms with Gasteiger partial charge in [0.05, 0.1) is 11.4 Å². The van der Waals surface area contributed by atoms with E-state index in [0.29, 0.717) is 26.9 Å². The third kappa shape index (κ3) is 3.99. The molecule has 4 rings (SSSR count). The maximum Gasteiger partial charge on any atom is 0.350 e. The minimum absolute atomic E-state index is 0.118. The zero-order valence-electron chi connectivity index (χ0n) is 16.2. The molecule has 1 aromatic carbocycles. The Labute approximate surface area is 176 Å². The lowest BCUT2D eigenvalue weighted by Gasteiger charge is -2.02. The van der Waals surface area contributed by atoms with E-state index in [2.05, 4.69) is 21.9 Å². The zero-order valence-corrected chi connectivity index (χ0v) is 17.0. The summed E-state index contributed by atoms with van der Waals surface area (Å²) in [5, 5.41) is 3.07. The number of ether oxygens (including phenoxy) is 1. The smallest absolute Gasteiger partial charge is 0.350 e. The van der Waals surface area contributed by atoms with Gasteiger partial charge < -0.3 is 9.14 Å². The summed E-state index contributed by atoms with van der Waals surface area (Å²) in [6.07, 6.45) is 5.19. The van der Waals surface area contributed by atoms with Gasteiger partial charge in [-0.2, -0.15) is 0 Å². The molecule has 1 amide bonds. The Balaban J connectivity index is 1.54. The van der Waals surface area contributed by atoms with Gasteiger partial charge in [0.25, 0.3) is 5.91 Å². The van der Waals surface area contributed by atoms with Crippen molar-refractivity contribution in [3.8, 4) is 11.3 Å². The van der Waals surface area contributed by atoms with Crippen molar-refractivity contribution in [3.63, 3.8) is 0 Å². The molecule has 0 atom stereocenters. The van der Waals surface area contributed by atoms with E-state index in [0.717, 1.165) is 22.6 Å². The first-order valence-corrected chi connectivity index (χ1v) is 9.98. The third-order valence-electron chi connectivity index (χ3n) is 4.33. The summed E-state index contributed by atoms with van der Waals surface area (Å²) >= 11 is 1.07. The van der Waals surface area contributed by atoms with Crippen molar-refractivity contribution in [1.29, 1.82) is 0 Å². The van der Waals surface area contributed by atoms with Crippen molar-refractivity contribution in [1.82, 2.24) is 14.4 Å². The van der Waals surface area contributed by atoms with Crippen molar-refractivity contribution in [2.24, 2.45) is 0 Å². The van der Waals surface area contributed by atoms with Crippen LogP contribution in [0.2, 0.25) is 0 Å². The number of thiazole rings is 1. The highest BCUT2D eigenvalue weighted by atomic mass is 32.1. The summed E-state index contributed by atoms with van der Waals surface area (Å²) in [4.78, 5) is 33.9. The standard InChI is InChI=1S/C22H18N4O3S/c1-3-11-29-21(28)19-14(2)23-22(30-19)25-20(27)16-9-10-26-13-17(24-18(26)12-16)15-7-5-4-6-8-15/h3-10,12-13H,1,11H2,2H3,(H,23,25,27). The van der Waals surface area contributed by atoms with E-state index in [1.165, 1.54) is 6.08 Å². The van der Waals surface area contributed by atoms with E-state index >= 15 is 0 Å². The quantitative estimate of drug-likeness (QED) is 0.371. The molecular formula is C22H18N4O3S. The van der Waals surface area contributed by atoms with Crippen LogP contribution in [0, 0.1) is 6.92 Å². The van der Waals surface area contributed by atoms with Gasteiger partial charge in [-0.3, -0.25) is 10.1 Å². The van der Waals surface area contributed by atoms with Gasteiger partial charge in [-0.25, -0.2) is 14.8 Å². The minimum Gasteiger partial charge on any atom is -0.457 e. The normalized spacial score (nSPS) is 10.7. The van der Waals surface area contributed by atoms with Crippen molar-refractivity contribution in [3.05, 3.63) is 83.6 Å². The second kappa shape index (κ2) is 8.30. The van der Waals surface area contributed by atoms with Crippen molar-refractivity contribution in [2.45, 2.75) is 6.92 Å². The number of imidazole rings is 1. The van der Waals surface area contributed by atoms with Gasteiger partial charge in [0, 0.05) is 23.5 Å². The molecule has 8 heteroatoms. The lowest BCUT2D eigenvalue weighted by atomic mass is 10.2. The number of esters is 1. The van der Waals surface area contributed by atoms with Crippen LogP contribution in [-0.4, -0.2) is 32.9 Å². The first-order chi connectivity index (χ1) is 14.5. The number of aromatic nitrogens is 3. The number of aryl methyl sites for hydroxylation is 1. The number of amides is 1. The molecule has 150 valence electrons. The first-order valence-electron chi connectivity index (χ1n) is 9.16. The largest absolute Gasteiger partial charge is 0.457 e. The fourth-order valence-corrected chi connectivity index (χ4v) is 3.74. The number of hydrogen-bond donors (Lipinski definition) is 1. The maximum atomic E-state index is 12.7. The number of nitrogens with one attached hydrogen (secondary N) is 1. The second-order valence-electron chi connectivity index (χ2n) is 6.45. The van der Waals surface area contributed by atoms with Crippen LogP contribution >= 0.6 is 11.3 Å². The molecule has 30 heavy (non-hydrogen) atoms. The molecule has 7 nitrogen and oxygen atoms in total. The topological polar surface area (TPSA) is 85.6 Å². The summed E-state index contributed by atoms with van der Waals surface area (Å²) in [6, 6.07) is 13.2. The van der Waals surface area contributed by atoms with Gasteiger partial charge in [-0.05, 0) is 19.1 Å². The van der Waals surface area contributed by atoms with E-state index in [4.69, 9.17) is 4.74 Å². The lowest BCUT2D eigenvalue weighted by molar-refractivity contribution is 0.0554. The van der Waals surface area contributed by atoms with Crippen LogP contribution in [0.25, 0.3) is 16.9 Å². The molecule has 0 bridgehead atoms. The van der Waals surface area contributed by atoms with Crippen LogP contribution in [0.1, 0.15) is 25.7 Å². The first kappa shape index (κ1) is 19.5. The Kier molecular flexibility index (Phi) is 5.40. The number of benzene rings is 1. The summed E-state index contributed by atoms with van der Waals surface area (Å²) in [7, 11) is 0. The van der Waals surface area contributed by atoms with Crippen LogP contribution in [0.3, 0.4) is 0 Å². The number of hydrogen-bond acceptors (Lipinski definition) is 6. The van der Waals surface area contributed by atoms with Crippen LogP contribution in [0.5, 0.6) is 0 Å². The highest BCUT2D eigenvalue weighted by Gasteiger charge is 2.18. The molecule has 3 heterocycles. The fourth-order valence-electron chi connectivity index (χ4n) is 2.88. The molecule has 0 aliphatic rings. The monoisotopic (exact) mass is 418 g/mol. The predicted octanol–water partition coefficient (Wildman–Crippen LogP) is 4.36. The summed E-state index contributed by atoms with van der Waals surface area (Å²) in [6.45, 7) is 5.32. The molecule has 0 fully saturated rings. The Bertz CT molecular complexity index is 1240. The molecule has 0 saturated carbocycles. The van der Waals surface area contributed by atoms with E-state index in [1.807, 2.05) is 40.9 Å². The Morgan fingerprint density at radius 2 is 2.03 bits per heavy atom. The van der Waals surface area contributed by atoms with E-state index in [-0.39, 0.29) is 12.5 Å². The SMILES string of the molecule is C=CCOC(=O)c1sc(NC(=O)c2ccn3cc(-c4ccccc4)nc3c2)nc1C. The van der Waals surface area contributed by atoms with E-state index in [9.17, 15) is 9.59 Å². The number of pyridine rings is 1. The van der Waals surface area contributed by atoms with Gasteiger partial charge in [0.15, 0.2) is 5.13 Å². The maximum absolute atomic E-state index is 12.7.